The van der Waals surface area contributed by atoms with E-state index in [-0.39, 0.29) is 11.6 Å². The van der Waals surface area contributed by atoms with Crippen molar-refractivity contribution in [1.29, 1.82) is 0 Å². The second-order valence-corrected chi connectivity index (χ2v) is 4.44. The molecular weight excluding hydrogens is 229 g/mol. The van der Waals surface area contributed by atoms with Crippen LogP contribution in [0.25, 0.3) is 0 Å². The van der Waals surface area contributed by atoms with E-state index in [0.717, 1.165) is 16.8 Å². The lowest BCUT2D eigenvalue weighted by Gasteiger charge is -2.09. The first-order valence-electron chi connectivity index (χ1n) is 5.85. The highest BCUT2D eigenvalue weighted by Crippen LogP contribution is 2.20. The molecule has 0 aliphatic rings. The second-order valence-electron chi connectivity index (χ2n) is 4.44. The van der Waals surface area contributed by atoms with E-state index in [1.165, 1.54) is 6.07 Å². The van der Waals surface area contributed by atoms with Crippen LogP contribution in [0, 0.1) is 19.7 Å². The zero-order chi connectivity index (χ0) is 13.1. The fourth-order valence-electron chi connectivity index (χ4n) is 1.79. The lowest BCUT2D eigenvalue weighted by molar-refractivity contribution is 0.471. The Morgan fingerprint density at radius 3 is 2.50 bits per heavy atom. The Hall–Kier alpha value is -2.03. The molecular formula is C15H16FNO. The number of anilines is 1. The summed E-state index contributed by atoms with van der Waals surface area (Å²) in [5.41, 5.74) is 3.44. The fourth-order valence-corrected chi connectivity index (χ4v) is 1.79. The number of benzene rings is 2. The van der Waals surface area contributed by atoms with E-state index in [0.29, 0.717) is 12.1 Å². The van der Waals surface area contributed by atoms with Crippen molar-refractivity contribution in [3.8, 4) is 5.75 Å². The third-order valence-electron chi connectivity index (χ3n) is 2.92. The van der Waals surface area contributed by atoms with Gasteiger partial charge in [-0.25, -0.2) is 4.39 Å². The Balaban J connectivity index is 2.06. The summed E-state index contributed by atoms with van der Waals surface area (Å²) in [6.45, 7) is 4.23. The summed E-state index contributed by atoms with van der Waals surface area (Å²) >= 11 is 0. The third kappa shape index (κ3) is 2.80. The van der Waals surface area contributed by atoms with E-state index in [9.17, 15) is 9.50 Å². The maximum Gasteiger partial charge on any atom is 0.126 e. The van der Waals surface area contributed by atoms with Crippen LogP contribution in [0.5, 0.6) is 5.75 Å². The number of nitrogens with one attached hydrogen (secondary N) is 1. The summed E-state index contributed by atoms with van der Waals surface area (Å²) in [4.78, 5) is 0. The molecule has 0 radical (unpaired) electrons. The van der Waals surface area contributed by atoms with Gasteiger partial charge in [-0.3, -0.25) is 0 Å². The Labute approximate surface area is 106 Å². The van der Waals surface area contributed by atoms with Gasteiger partial charge in [0.2, 0.25) is 0 Å². The van der Waals surface area contributed by atoms with Gasteiger partial charge in [-0.15, -0.1) is 0 Å². The third-order valence-corrected chi connectivity index (χ3v) is 2.92. The molecule has 0 bridgehead atoms. The Morgan fingerprint density at radius 2 is 1.83 bits per heavy atom. The minimum absolute atomic E-state index is 0.181. The smallest absolute Gasteiger partial charge is 0.126 e. The summed E-state index contributed by atoms with van der Waals surface area (Å²) in [6.07, 6.45) is 0. The van der Waals surface area contributed by atoms with E-state index >= 15 is 0 Å². The van der Waals surface area contributed by atoms with E-state index in [1.807, 2.05) is 25.1 Å². The second kappa shape index (κ2) is 5.08. The zero-order valence-electron chi connectivity index (χ0n) is 10.5. The highest BCUT2D eigenvalue weighted by molar-refractivity contribution is 5.50. The monoisotopic (exact) mass is 245 g/mol. The first-order chi connectivity index (χ1) is 8.56. The Bertz CT molecular complexity index is 515. The van der Waals surface area contributed by atoms with Crippen LogP contribution in [-0.2, 0) is 6.54 Å². The summed E-state index contributed by atoms with van der Waals surface area (Å²) in [5.74, 6) is 0.109. The molecule has 0 atom stereocenters. The van der Waals surface area contributed by atoms with Crippen LogP contribution in [0.1, 0.15) is 16.7 Å². The number of phenols is 1. The van der Waals surface area contributed by atoms with Gasteiger partial charge in [0.1, 0.15) is 11.6 Å². The predicted molar refractivity (Wildman–Crippen MR) is 71.3 cm³/mol. The average Bonchev–Trinajstić information content (AvgIpc) is 2.35. The molecule has 18 heavy (non-hydrogen) atoms. The zero-order valence-corrected chi connectivity index (χ0v) is 10.5. The van der Waals surface area contributed by atoms with Gasteiger partial charge in [-0.2, -0.15) is 0 Å². The molecule has 0 aromatic heterocycles. The quantitative estimate of drug-likeness (QED) is 0.807. The summed E-state index contributed by atoms with van der Waals surface area (Å²) in [7, 11) is 0. The molecule has 0 saturated carbocycles. The van der Waals surface area contributed by atoms with Gasteiger partial charge in [0.15, 0.2) is 0 Å². The molecule has 94 valence electrons. The van der Waals surface area contributed by atoms with Gasteiger partial charge >= 0.3 is 0 Å². The van der Waals surface area contributed by atoms with Gasteiger partial charge in [-0.1, -0.05) is 12.1 Å². The van der Waals surface area contributed by atoms with Gasteiger partial charge < -0.3 is 10.4 Å². The number of halogens is 1. The van der Waals surface area contributed by atoms with Crippen LogP contribution < -0.4 is 5.32 Å². The maximum absolute atomic E-state index is 13.1. The first kappa shape index (κ1) is 12.4. The molecule has 0 heterocycles. The lowest BCUT2D eigenvalue weighted by Crippen LogP contribution is -2.00. The molecule has 2 nitrogen and oxygen atoms in total. The van der Waals surface area contributed by atoms with Crippen molar-refractivity contribution in [2.75, 3.05) is 5.32 Å². The van der Waals surface area contributed by atoms with Crippen LogP contribution in [0.3, 0.4) is 0 Å². The highest BCUT2D eigenvalue weighted by atomic mass is 19.1. The summed E-state index contributed by atoms with van der Waals surface area (Å²) in [5, 5.41) is 12.7. The average molecular weight is 245 g/mol. The summed E-state index contributed by atoms with van der Waals surface area (Å²) in [6, 6.07) is 10.4. The molecule has 3 heteroatoms. The number of aromatic hydroxyl groups is 1. The van der Waals surface area contributed by atoms with Gasteiger partial charge in [0.05, 0.1) is 0 Å². The molecule has 0 aliphatic heterocycles. The van der Waals surface area contributed by atoms with E-state index in [4.69, 9.17) is 0 Å². The number of phenolic OH excluding ortho intramolecular Hbond substituents is 1. The molecule has 0 fully saturated rings. The van der Waals surface area contributed by atoms with Crippen LogP contribution in [0.15, 0.2) is 36.4 Å². The first-order valence-corrected chi connectivity index (χ1v) is 5.85. The van der Waals surface area contributed by atoms with Crippen LogP contribution in [0.4, 0.5) is 10.1 Å². The molecule has 0 spiro atoms. The van der Waals surface area contributed by atoms with Crippen molar-refractivity contribution in [3.05, 3.63) is 58.9 Å². The molecule has 2 aromatic carbocycles. The van der Waals surface area contributed by atoms with Gasteiger partial charge in [-0.05, 0) is 54.8 Å². The van der Waals surface area contributed by atoms with Crippen LogP contribution >= 0.6 is 0 Å². The van der Waals surface area contributed by atoms with Crippen LogP contribution in [0.2, 0.25) is 0 Å². The number of rotatable bonds is 3. The van der Waals surface area contributed by atoms with Crippen molar-refractivity contribution in [2.45, 2.75) is 20.4 Å². The number of hydrogen-bond acceptors (Lipinski definition) is 2. The predicted octanol–water partition coefficient (Wildman–Crippen LogP) is 3.76. The van der Waals surface area contributed by atoms with Crippen molar-refractivity contribution in [3.63, 3.8) is 0 Å². The fraction of sp³-hybridized carbons (Fsp3) is 0.200. The van der Waals surface area contributed by atoms with Crippen molar-refractivity contribution < 1.29 is 9.50 Å². The molecule has 0 amide bonds. The number of hydrogen-bond donors (Lipinski definition) is 2. The van der Waals surface area contributed by atoms with Crippen LogP contribution in [-0.4, -0.2) is 5.11 Å². The van der Waals surface area contributed by atoms with Crippen molar-refractivity contribution >= 4 is 5.69 Å². The minimum Gasteiger partial charge on any atom is -0.508 e. The van der Waals surface area contributed by atoms with Crippen molar-refractivity contribution in [2.24, 2.45) is 0 Å². The molecule has 2 rings (SSSR count). The molecule has 0 saturated heterocycles. The molecule has 0 unspecified atom stereocenters. The highest BCUT2D eigenvalue weighted by Gasteiger charge is 2.01. The Kier molecular flexibility index (Phi) is 3.51. The summed E-state index contributed by atoms with van der Waals surface area (Å²) < 4.78 is 13.1. The topological polar surface area (TPSA) is 32.3 Å². The lowest BCUT2D eigenvalue weighted by atomic mass is 10.1. The SMILES string of the molecule is Cc1cc(NCc2ccc(F)c(C)c2)ccc1O. The normalized spacial score (nSPS) is 10.4. The van der Waals surface area contributed by atoms with E-state index < -0.39 is 0 Å². The van der Waals surface area contributed by atoms with Crippen molar-refractivity contribution in [1.82, 2.24) is 0 Å². The number of aryl methyl sites for hydroxylation is 2. The molecule has 2 N–H and O–H groups in total. The van der Waals surface area contributed by atoms with E-state index in [2.05, 4.69) is 5.32 Å². The van der Waals surface area contributed by atoms with E-state index in [1.54, 1.807) is 19.1 Å². The van der Waals surface area contributed by atoms with Gasteiger partial charge in [0, 0.05) is 12.2 Å². The largest absolute Gasteiger partial charge is 0.508 e. The Morgan fingerprint density at radius 1 is 1.06 bits per heavy atom. The maximum atomic E-state index is 13.1. The minimum atomic E-state index is -0.181. The molecule has 2 aromatic rings. The van der Waals surface area contributed by atoms with Gasteiger partial charge in [0.25, 0.3) is 0 Å². The standard InChI is InChI=1S/C15H16FNO/c1-10-7-12(3-5-14(10)16)9-17-13-4-6-15(18)11(2)8-13/h3-8,17-18H,9H2,1-2H3. The molecule has 0 aliphatic carbocycles.